The molecular formula is C48H56N8O6. The zero-order chi connectivity index (χ0) is 43.4. The van der Waals surface area contributed by atoms with E-state index in [4.69, 9.17) is 19.4 Å². The minimum Gasteiger partial charge on any atom is -0.453 e. The molecule has 14 heteroatoms. The highest BCUT2D eigenvalue weighted by molar-refractivity contribution is 5.91. The third kappa shape index (κ3) is 7.68. The van der Waals surface area contributed by atoms with E-state index in [-0.39, 0.29) is 47.2 Å². The van der Waals surface area contributed by atoms with Gasteiger partial charge < -0.3 is 39.9 Å². The van der Waals surface area contributed by atoms with E-state index in [0.29, 0.717) is 12.5 Å². The summed E-state index contributed by atoms with van der Waals surface area (Å²) in [6.07, 6.45) is 8.43. The molecule has 2 saturated heterocycles. The fraction of sp³-hybridized carbons (Fsp3) is 0.458. The number of hydrogen-bond donors (Lipinski definition) is 4. The van der Waals surface area contributed by atoms with E-state index in [1.54, 1.807) is 0 Å². The Morgan fingerprint density at radius 2 is 1.26 bits per heavy atom. The average molecular weight is 841 g/mol. The number of imidazole rings is 2. The van der Waals surface area contributed by atoms with Crippen LogP contribution in [0.3, 0.4) is 0 Å². The summed E-state index contributed by atoms with van der Waals surface area (Å²) in [4.78, 5) is 72.7. The standard InChI is InChI=1S/C48H56N8O6/c1-26(2)39(53-46(59)61-5)44(57)55-25-48(17-18-48)22-38(55)42-49-23-36(51-42)29-9-7-28(8-10-29)30-11-12-32-20-33(14-13-31(32)19-30)37-24-50-43(52-37)41-34-15-16-35(21-34)56(41)45(58)40(27(3)4)54-47(60)62-6/h7-14,19-20,23-24,26-27,34-35,38-41H,15-18,21-22,25H2,1-6H3,(H,49,51)(H,50,52)(H,53,59)(H,54,60)/t34?,35-,38+,39+,40?,41?/m1/s1. The van der Waals surface area contributed by atoms with Gasteiger partial charge in [-0.05, 0) is 101 Å². The zero-order valence-corrected chi connectivity index (χ0v) is 36.2. The fourth-order valence-electron chi connectivity index (χ4n) is 10.2. The molecule has 4 amide bonds. The molecule has 2 bridgehead atoms. The number of aromatic amines is 2. The predicted molar refractivity (Wildman–Crippen MR) is 234 cm³/mol. The van der Waals surface area contributed by atoms with Crippen molar-refractivity contribution in [2.45, 2.75) is 96.4 Å². The normalized spacial score (nSPS) is 22.1. The van der Waals surface area contributed by atoms with E-state index in [0.717, 1.165) is 94.6 Å². The number of ether oxygens (including phenoxy) is 2. The minimum atomic E-state index is -0.686. The summed E-state index contributed by atoms with van der Waals surface area (Å²) < 4.78 is 9.65. The number of methoxy groups -OCH3 is 2. The Balaban J connectivity index is 0.893. The topological polar surface area (TPSA) is 175 Å². The molecule has 1 spiro atoms. The molecule has 0 radical (unpaired) electrons. The quantitative estimate of drug-likeness (QED) is 0.103. The van der Waals surface area contributed by atoms with Crippen molar-refractivity contribution in [1.82, 2.24) is 40.4 Å². The van der Waals surface area contributed by atoms with E-state index < -0.39 is 24.3 Å². The molecule has 62 heavy (non-hydrogen) atoms. The van der Waals surface area contributed by atoms with E-state index >= 15 is 0 Å². The number of fused-ring (bicyclic) bond motifs is 3. The lowest BCUT2D eigenvalue weighted by molar-refractivity contribution is -0.139. The van der Waals surface area contributed by atoms with E-state index in [9.17, 15) is 19.2 Å². The number of carbonyl (C=O) groups is 4. The lowest BCUT2D eigenvalue weighted by Crippen LogP contribution is -2.54. The van der Waals surface area contributed by atoms with Crippen molar-refractivity contribution in [3.05, 3.63) is 84.7 Å². The number of H-pyrrole nitrogens is 2. The van der Waals surface area contributed by atoms with E-state index in [2.05, 4.69) is 81.3 Å². The molecule has 324 valence electrons. The van der Waals surface area contributed by atoms with Gasteiger partial charge in [0, 0.05) is 18.2 Å². The Hall–Kier alpha value is -6.18. The maximum absolute atomic E-state index is 14.0. The van der Waals surface area contributed by atoms with Gasteiger partial charge in [-0.25, -0.2) is 19.6 Å². The van der Waals surface area contributed by atoms with Gasteiger partial charge in [0.15, 0.2) is 0 Å². The van der Waals surface area contributed by atoms with Gasteiger partial charge in [0.25, 0.3) is 0 Å². The number of amides is 4. The van der Waals surface area contributed by atoms with Crippen LogP contribution >= 0.6 is 0 Å². The van der Waals surface area contributed by atoms with Crippen LogP contribution in [-0.2, 0) is 19.1 Å². The molecule has 2 aliphatic carbocycles. The number of nitrogens with zero attached hydrogens (tertiary/aromatic N) is 4. The first-order chi connectivity index (χ1) is 29.8. The first kappa shape index (κ1) is 41.2. The molecular weight excluding hydrogens is 785 g/mol. The van der Waals surface area contributed by atoms with Crippen molar-refractivity contribution in [3.63, 3.8) is 0 Å². The largest absolute Gasteiger partial charge is 0.453 e. The molecule has 3 unspecified atom stereocenters. The second kappa shape index (κ2) is 16.3. The SMILES string of the molecule is COC(=O)NC(C(=O)N1C(c2ncc(-c3ccc4cc(-c5ccc(-c6cnc([C@@H]7CC8(CC8)CN7C(=O)[C@@H](NC(=O)OC)C(C)C)[nH]6)cc5)ccc4c3)[nH]2)C2CC[C@@H]1C2)C(C)C. The molecule has 4 fully saturated rings. The van der Waals surface area contributed by atoms with Crippen molar-refractivity contribution < 1.29 is 28.7 Å². The van der Waals surface area contributed by atoms with Gasteiger partial charge >= 0.3 is 12.2 Å². The summed E-state index contributed by atoms with van der Waals surface area (Å²) in [5, 5.41) is 7.73. The number of alkyl carbamates (subject to hydrolysis) is 2. The predicted octanol–water partition coefficient (Wildman–Crippen LogP) is 8.15. The van der Waals surface area contributed by atoms with Gasteiger partial charge in [-0.15, -0.1) is 0 Å². The van der Waals surface area contributed by atoms with Gasteiger partial charge in [0.1, 0.15) is 23.7 Å². The van der Waals surface area contributed by atoms with Crippen molar-refractivity contribution >= 4 is 34.8 Å². The minimum absolute atomic E-state index is 0.0905. The lowest BCUT2D eigenvalue weighted by Gasteiger charge is -2.37. The Labute approximate surface area is 361 Å². The van der Waals surface area contributed by atoms with Crippen LogP contribution in [0.15, 0.2) is 73.1 Å². The van der Waals surface area contributed by atoms with Crippen molar-refractivity contribution in [2.24, 2.45) is 23.2 Å². The van der Waals surface area contributed by atoms with Crippen molar-refractivity contribution in [3.8, 4) is 33.6 Å². The maximum atomic E-state index is 14.0. The maximum Gasteiger partial charge on any atom is 0.407 e. The first-order valence-electron chi connectivity index (χ1n) is 21.9. The highest BCUT2D eigenvalue weighted by Gasteiger charge is 2.55. The van der Waals surface area contributed by atoms with Crippen LogP contribution in [0.2, 0.25) is 0 Å². The molecule has 2 saturated carbocycles. The molecule has 2 aromatic heterocycles. The summed E-state index contributed by atoms with van der Waals surface area (Å²) in [6, 6.07) is 19.7. The number of nitrogens with one attached hydrogen (secondary N) is 4. The molecule has 9 rings (SSSR count). The van der Waals surface area contributed by atoms with Crippen LogP contribution in [0.25, 0.3) is 44.4 Å². The van der Waals surface area contributed by atoms with Gasteiger partial charge in [0.2, 0.25) is 11.8 Å². The number of likely N-dealkylation sites (tertiary alicyclic amines) is 2. The van der Waals surface area contributed by atoms with Gasteiger partial charge in [0.05, 0.1) is 50.1 Å². The number of carbonyl (C=O) groups excluding carboxylic acids is 4. The Bertz CT molecular complexity index is 2510. The third-order valence-electron chi connectivity index (χ3n) is 13.8. The number of hydrogen-bond acceptors (Lipinski definition) is 8. The summed E-state index contributed by atoms with van der Waals surface area (Å²) >= 11 is 0. The molecule has 6 atom stereocenters. The van der Waals surface area contributed by atoms with E-state index in [1.165, 1.54) is 14.2 Å². The number of aromatic nitrogens is 4. The fourth-order valence-corrected chi connectivity index (χ4v) is 10.2. The Morgan fingerprint density at radius 1 is 0.710 bits per heavy atom. The van der Waals surface area contributed by atoms with Crippen LogP contribution in [0.5, 0.6) is 0 Å². The summed E-state index contributed by atoms with van der Waals surface area (Å²) in [6.45, 7) is 8.37. The molecule has 2 aliphatic heterocycles. The van der Waals surface area contributed by atoms with Crippen molar-refractivity contribution in [1.29, 1.82) is 0 Å². The van der Waals surface area contributed by atoms with Gasteiger partial charge in [-0.1, -0.05) is 76.2 Å². The monoisotopic (exact) mass is 840 g/mol. The van der Waals surface area contributed by atoms with E-state index in [1.807, 2.05) is 49.9 Å². The second-order valence-corrected chi connectivity index (χ2v) is 18.5. The molecule has 4 N–H and O–H groups in total. The summed E-state index contributed by atoms with van der Waals surface area (Å²) in [7, 11) is 2.62. The van der Waals surface area contributed by atoms with Crippen LogP contribution in [-0.4, -0.2) is 92.6 Å². The third-order valence-corrected chi connectivity index (χ3v) is 13.8. The molecule has 5 aromatic rings. The number of rotatable bonds is 11. The van der Waals surface area contributed by atoms with Crippen LogP contribution in [0.1, 0.15) is 90.0 Å². The number of piperidine rings is 1. The highest BCUT2D eigenvalue weighted by Crippen LogP contribution is 2.58. The highest BCUT2D eigenvalue weighted by atomic mass is 16.5. The van der Waals surface area contributed by atoms with Gasteiger partial charge in [-0.2, -0.15) is 0 Å². The van der Waals surface area contributed by atoms with Crippen LogP contribution in [0, 0.1) is 23.2 Å². The van der Waals surface area contributed by atoms with Crippen molar-refractivity contribution in [2.75, 3.05) is 20.8 Å². The molecule has 3 aromatic carbocycles. The summed E-state index contributed by atoms with van der Waals surface area (Å²) in [5.74, 6) is 1.44. The first-order valence-corrected chi connectivity index (χ1v) is 21.9. The van der Waals surface area contributed by atoms with Gasteiger partial charge in [-0.3, -0.25) is 9.59 Å². The smallest absolute Gasteiger partial charge is 0.407 e. The lowest BCUT2D eigenvalue weighted by atomic mass is 9.95. The van der Waals surface area contributed by atoms with Crippen LogP contribution in [0.4, 0.5) is 9.59 Å². The Kier molecular flexibility index (Phi) is 10.8. The molecule has 4 aliphatic rings. The molecule has 14 nitrogen and oxygen atoms in total. The summed E-state index contributed by atoms with van der Waals surface area (Å²) in [5.41, 5.74) is 6.09. The van der Waals surface area contributed by atoms with Crippen LogP contribution < -0.4 is 10.6 Å². The second-order valence-electron chi connectivity index (χ2n) is 18.5. The number of benzene rings is 3. The Morgan fingerprint density at radius 3 is 1.89 bits per heavy atom. The molecule has 4 heterocycles. The zero-order valence-electron chi connectivity index (χ0n) is 36.2. The average Bonchev–Trinajstić information content (AvgIpc) is 3.91.